The van der Waals surface area contributed by atoms with Crippen molar-refractivity contribution in [1.29, 1.82) is 0 Å². The van der Waals surface area contributed by atoms with E-state index in [1.54, 1.807) is 44.4 Å². The summed E-state index contributed by atoms with van der Waals surface area (Å²) in [6.07, 6.45) is 4.17. The molecule has 7 nitrogen and oxygen atoms in total. The van der Waals surface area contributed by atoms with Crippen molar-refractivity contribution in [2.75, 3.05) is 27.8 Å². The maximum Gasteiger partial charge on any atom is 0.374 e. The molecule has 0 saturated heterocycles. The van der Waals surface area contributed by atoms with Gasteiger partial charge in [0.1, 0.15) is 5.75 Å². The number of furan rings is 1. The van der Waals surface area contributed by atoms with Crippen molar-refractivity contribution in [2.24, 2.45) is 0 Å². The van der Waals surface area contributed by atoms with Crippen LogP contribution in [0.5, 0.6) is 5.75 Å². The van der Waals surface area contributed by atoms with Gasteiger partial charge in [-0.05, 0) is 42.5 Å². The summed E-state index contributed by atoms with van der Waals surface area (Å²) in [5, 5.41) is 0. The molecule has 7 heteroatoms. The van der Waals surface area contributed by atoms with Gasteiger partial charge in [-0.2, -0.15) is 0 Å². The number of ketones is 1. The zero-order valence-corrected chi connectivity index (χ0v) is 14.7. The highest BCUT2D eigenvalue weighted by molar-refractivity contribution is 6.07. The zero-order valence-electron chi connectivity index (χ0n) is 14.7. The molecule has 26 heavy (non-hydrogen) atoms. The fourth-order valence-corrected chi connectivity index (χ4v) is 1.96. The Kier molecular flexibility index (Phi) is 6.32. The van der Waals surface area contributed by atoms with Crippen molar-refractivity contribution in [3.8, 4) is 5.75 Å². The Morgan fingerprint density at radius 3 is 2.42 bits per heavy atom. The molecule has 2 aromatic rings. The Balaban J connectivity index is 2.01. The minimum atomic E-state index is -0.615. The smallest absolute Gasteiger partial charge is 0.374 e. The van der Waals surface area contributed by atoms with Gasteiger partial charge >= 0.3 is 5.97 Å². The standard InChI is InChI=1S/C19H19NO6/c1-20(2)17(22)12-26-15-7-4-13(5-8-15)16(21)9-6-14-10-11-25-18(14)19(23)24-3/h4-11H,12H2,1-3H3/b9-6+. The summed E-state index contributed by atoms with van der Waals surface area (Å²) < 4.78 is 15.0. The Hall–Kier alpha value is -3.35. The number of carbonyl (C=O) groups is 3. The third-order valence-electron chi connectivity index (χ3n) is 3.48. The topological polar surface area (TPSA) is 86.0 Å². The molecule has 136 valence electrons. The fraction of sp³-hybridized carbons (Fsp3) is 0.211. The van der Waals surface area contributed by atoms with E-state index in [0.29, 0.717) is 16.9 Å². The van der Waals surface area contributed by atoms with E-state index in [9.17, 15) is 14.4 Å². The molecule has 1 amide bonds. The van der Waals surface area contributed by atoms with Crippen LogP contribution in [0.2, 0.25) is 0 Å². The summed E-state index contributed by atoms with van der Waals surface area (Å²) in [5.74, 6) is -0.502. The molecule has 2 rings (SSSR count). The summed E-state index contributed by atoms with van der Waals surface area (Å²) in [6.45, 7) is -0.0724. The third kappa shape index (κ3) is 4.83. The van der Waals surface area contributed by atoms with Gasteiger partial charge in [0, 0.05) is 25.2 Å². The number of allylic oxidation sites excluding steroid dienone is 1. The lowest BCUT2D eigenvalue weighted by Crippen LogP contribution is -2.27. The first-order chi connectivity index (χ1) is 12.4. The van der Waals surface area contributed by atoms with E-state index in [2.05, 4.69) is 4.74 Å². The first kappa shape index (κ1) is 19.0. The van der Waals surface area contributed by atoms with Crippen LogP contribution in [0, 0.1) is 0 Å². The number of likely N-dealkylation sites (N-methyl/N-ethyl adjacent to an activating group) is 1. The predicted molar refractivity (Wildman–Crippen MR) is 94.0 cm³/mol. The van der Waals surface area contributed by atoms with Gasteiger partial charge in [-0.3, -0.25) is 9.59 Å². The lowest BCUT2D eigenvalue weighted by Gasteiger charge is -2.11. The molecule has 0 aliphatic carbocycles. The highest BCUT2D eigenvalue weighted by Gasteiger charge is 2.14. The number of hydrogen-bond acceptors (Lipinski definition) is 6. The van der Waals surface area contributed by atoms with Crippen molar-refractivity contribution < 1.29 is 28.3 Å². The molecule has 0 saturated carbocycles. The van der Waals surface area contributed by atoms with E-state index in [0.717, 1.165) is 0 Å². The summed E-state index contributed by atoms with van der Waals surface area (Å²) >= 11 is 0. The monoisotopic (exact) mass is 357 g/mol. The normalized spacial score (nSPS) is 10.6. The molecule has 0 bridgehead atoms. The Bertz CT molecular complexity index is 817. The average molecular weight is 357 g/mol. The molecule has 1 aromatic carbocycles. The molecule has 1 aromatic heterocycles. The van der Waals surface area contributed by atoms with E-state index in [4.69, 9.17) is 9.15 Å². The van der Waals surface area contributed by atoms with Crippen molar-refractivity contribution in [2.45, 2.75) is 0 Å². The van der Waals surface area contributed by atoms with Crippen molar-refractivity contribution in [3.63, 3.8) is 0 Å². The molecule has 0 atom stereocenters. The lowest BCUT2D eigenvalue weighted by molar-refractivity contribution is -0.130. The van der Waals surface area contributed by atoms with E-state index >= 15 is 0 Å². The summed E-state index contributed by atoms with van der Waals surface area (Å²) in [7, 11) is 4.54. The average Bonchev–Trinajstić information content (AvgIpc) is 3.12. The number of ether oxygens (including phenoxy) is 2. The van der Waals surface area contributed by atoms with Gasteiger partial charge in [0.15, 0.2) is 12.4 Å². The molecule has 0 spiro atoms. The van der Waals surface area contributed by atoms with E-state index in [1.165, 1.54) is 30.4 Å². The van der Waals surface area contributed by atoms with Crippen LogP contribution in [-0.4, -0.2) is 50.4 Å². The van der Waals surface area contributed by atoms with Crippen LogP contribution in [0.4, 0.5) is 0 Å². The second-order valence-electron chi connectivity index (χ2n) is 5.50. The van der Waals surface area contributed by atoms with Crippen LogP contribution in [0.3, 0.4) is 0 Å². The van der Waals surface area contributed by atoms with Gasteiger partial charge < -0.3 is 18.8 Å². The van der Waals surface area contributed by atoms with Crippen LogP contribution >= 0.6 is 0 Å². The highest BCUT2D eigenvalue weighted by Crippen LogP contribution is 2.16. The van der Waals surface area contributed by atoms with Crippen LogP contribution in [0.25, 0.3) is 6.08 Å². The summed E-state index contributed by atoms with van der Waals surface area (Å²) in [5.41, 5.74) is 0.892. The molecule has 0 fully saturated rings. The minimum absolute atomic E-state index is 0.0332. The first-order valence-electron chi connectivity index (χ1n) is 7.73. The summed E-state index contributed by atoms with van der Waals surface area (Å²) in [4.78, 5) is 36.7. The molecular formula is C19H19NO6. The van der Waals surface area contributed by atoms with E-state index in [-0.39, 0.29) is 24.1 Å². The molecule has 1 heterocycles. The maximum absolute atomic E-state index is 12.2. The minimum Gasteiger partial charge on any atom is -0.484 e. The number of hydrogen-bond donors (Lipinski definition) is 0. The van der Waals surface area contributed by atoms with Crippen LogP contribution in [0.15, 0.2) is 47.1 Å². The van der Waals surface area contributed by atoms with Crippen LogP contribution in [0.1, 0.15) is 26.5 Å². The SMILES string of the molecule is COC(=O)c1occc1/C=C/C(=O)c1ccc(OCC(=O)N(C)C)cc1. The largest absolute Gasteiger partial charge is 0.484 e. The quantitative estimate of drug-likeness (QED) is 0.430. The maximum atomic E-state index is 12.2. The molecular weight excluding hydrogens is 338 g/mol. The van der Waals surface area contributed by atoms with Crippen molar-refractivity contribution in [1.82, 2.24) is 4.90 Å². The second kappa shape index (κ2) is 8.66. The number of nitrogens with zero attached hydrogens (tertiary/aromatic N) is 1. The number of methoxy groups -OCH3 is 1. The Morgan fingerprint density at radius 1 is 1.12 bits per heavy atom. The van der Waals surface area contributed by atoms with Gasteiger partial charge in [-0.15, -0.1) is 0 Å². The fourth-order valence-electron chi connectivity index (χ4n) is 1.96. The second-order valence-corrected chi connectivity index (χ2v) is 5.50. The molecule has 0 radical (unpaired) electrons. The number of amides is 1. The van der Waals surface area contributed by atoms with E-state index in [1.807, 2.05) is 0 Å². The predicted octanol–water partition coefficient (Wildman–Crippen LogP) is 2.43. The summed E-state index contributed by atoms with van der Waals surface area (Å²) in [6, 6.07) is 7.98. The third-order valence-corrected chi connectivity index (χ3v) is 3.48. The lowest BCUT2D eigenvalue weighted by atomic mass is 10.1. The highest BCUT2D eigenvalue weighted by atomic mass is 16.5. The molecule has 0 aliphatic rings. The van der Waals surface area contributed by atoms with Gasteiger partial charge in [-0.25, -0.2) is 4.79 Å². The molecule has 0 N–H and O–H groups in total. The zero-order chi connectivity index (χ0) is 19.1. The number of esters is 1. The van der Waals surface area contributed by atoms with Gasteiger partial charge in [-0.1, -0.05) is 0 Å². The number of benzene rings is 1. The van der Waals surface area contributed by atoms with Gasteiger partial charge in [0.25, 0.3) is 5.91 Å². The van der Waals surface area contributed by atoms with Crippen molar-refractivity contribution in [3.05, 3.63) is 59.6 Å². The number of rotatable bonds is 7. The van der Waals surface area contributed by atoms with E-state index < -0.39 is 5.97 Å². The first-order valence-corrected chi connectivity index (χ1v) is 7.73. The molecule has 0 unspecified atom stereocenters. The van der Waals surface area contributed by atoms with Gasteiger partial charge in [0.05, 0.1) is 13.4 Å². The van der Waals surface area contributed by atoms with Crippen molar-refractivity contribution >= 4 is 23.7 Å². The van der Waals surface area contributed by atoms with Gasteiger partial charge in [0.2, 0.25) is 5.76 Å². The van der Waals surface area contributed by atoms with Crippen LogP contribution in [-0.2, 0) is 9.53 Å². The Morgan fingerprint density at radius 2 is 1.81 bits per heavy atom. The number of carbonyl (C=O) groups excluding carboxylic acids is 3. The van der Waals surface area contributed by atoms with Crippen LogP contribution < -0.4 is 4.74 Å². The molecule has 0 aliphatic heterocycles. The Labute approximate surface area is 150 Å².